The highest BCUT2D eigenvalue weighted by molar-refractivity contribution is 7.89. The van der Waals surface area contributed by atoms with Crippen LogP contribution in [0.15, 0.2) is 29.2 Å². The van der Waals surface area contributed by atoms with E-state index in [9.17, 15) is 23.1 Å². The fraction of sp³-hybridized carbons (Fsp3) is 0.500. The standard InChI is InChI=1S/C16H22N2O5S/c1-3-10(2)14(16(20)21)17-15(19)11-4-8-13(9-5-11)24(22,23)18-12-6-7-12/h4-5,8-10,12,14,18H,3,6-7H2,1-2H3,(H,17,19)(H,20,21). The molecule has 0 heterocycles. The first-order valence-electron chi connectivity index (χ1n) is 7.90. The van der Waals surface area contributed by atoms with Crippen LogP contribution in [0.2, 0.25) is 0 Å². The molecule has 0 spiro atoms. The summed E-state index contributed by atoms with van der Waals surface area (Å²) in [5, 5.41) is 11.7. The third kappa shape index (κ3) is 4.55. The van der Waals surface area contributed by atoms with Crippen molar-refractivity contribution < 1.29 is 23.1 Å². The van der Waals surface area contributed by atoms with Crippen molar-refractivity contribution in [3.63, 3.8) is 0 Å². The first-order valence-corrected chi connectivity index (χ1v) is 9.39. The third-order valence-electron chi connectivity index (χ3n) is 4.09. The minimum atomic E-state index is -3.57. The van der Waals surface area contributed by atoms with Gasteiger partial charge in [0.2, 0.25) is 10.0 Å². The fourth-order valence-corrected chi connectivity index (χ4v) is 3.49. The summed E-state index contributed by atoms with van der Waals surface area (Å²) in [4.78, 5) is 23.5. The number of hydrogen-bond acceptors (Lipinski definition) is 4. The van der Waals surface area contributed by atoms with E-state index in [0.717, 1.165) is 12.8 Å². The van der Waals surface area contributed by atoms with Gasteiger partial charge in [-0.05, 0) is 43.0 Å². The largest absolute Gasteiger partial charge is 0.480 e. The molecule has 2 unspecified atom stereocenters. The van der Waals surface area contributed by atoms with E-state index in [1.807, 2.05) is 6.92 Å². The van der Waals surface area contributed by atoms with Crippen LogP contribution >= 0.6 is 0 Å². The second-order valence-electron chi connectivity index (χ2n) is 6.09. The Balaban J connectivity index is 2.09. The highest BCUT2D eigenvalue weighted by Gasteiger charge is 2.28. The number of aliphatic carboxylic acids is 1. The van der Waals surface area contributed by atoms with Gasteiger partial charge in [-0.3, -0.25) is 4.79 Å². The van der Waals surface area contributed by atoms with E-state index in [-0.39, 0.29) is 22.4 Å². The zero-order valence-electron chi connectivity index (χ0n) is 13.7. The van der Waals surface area contributed by atoms with Crippen LogP contribution in [0, 0.1) is 5.92 Å². The second kappa shape index (κ2) is 7.31. The molecule has 2 atom stereocenters. The van der Waals surface area contributed by atoms with Crippen molar-refractivity contribution in [1.82, 2.24) is 10.0 Å². The molecule has 1 aromatic rings. The highest BCUT2D eigenvalue weighted by atomic mass is 32.2. The lowest BCUT2D eigenvalue weighted by Crippen LogP contribution is -2.45. The fourth-order valence-electron chi connectivity index (χ4n) is 2.18. The molecule has 1 aromatic carbocycles. The molecule has 2 rings (SSSR count). The Morgan fingerprint density at radius 2 is 1.83 bits per heavy atom. The first-order chi connectivity index (χ1) is 11.2. The quantitative estimate of drug-likeness (QED) is 0.652. The zero-order chi connectivity index (χ0) is 17.9. The molecule has 0 aliphatic heterocycles. The Morgan fingerprint density at radius 1 is 1.25 bits per heavy atom. The van der Waals surface area contributed by atoms with Crippen molar-refractivity contribution >= 4 is 21.9 Å². The predicted octanol–water partition coefficient (Wildman–Crippen LogP) is 1.36. The maximum atomic E-state index is 12.2. The summed E-state index contributed by atoms with van der Waals surface area (Å²) in [6.07, 6.45) is 2.29. The molecular formula is C16H22N2O5S. The monoisotopic (exact) mass is 354 g/mol. The average Bonchev–Trinajstić information content (AvgIpc) is 3.34. The Hall–Kier alpha value is -1.93. The van der Waals surface area contributed by atoms with Gasteiger partial charge in [-0.1, -0.05) is 20.3 Å². The molecule has 7 nitrogen and oxygen atoms in total. The Kier molecular flexibility index (Phi) is 5.61. The maximum Gasteiger partial charge on any atom is 0.326 e. The summed E-state index contributed by atoms with van der Waals surface area (Å²) in [7, 11) is -3.57. The molecule has 1 aliphatic carbocycles. The van der Waals surface area contributed by atoms with Crippen LogP contribution in [0.3, 0.4) is 0 Å². The molecule has 3 N–H and O–H groups in total. The maximum absolute atomic E-state index is 12.2. The average molecular weight is 354 g/mol. The van der Waals surface area contributed by atoms with Gasteiger partial charge >= 0.3 is 5.97 Å². The van der Waals surface area contributed by atoms with Crippen LogP contribution in [-0.2, 0) is 14.8 Å². The van der Waals surface area contributed by atoms with Crippen LogP contribution in [0.25, 0.3) is 0 Å². The van der Waals surface area contributed by atoms with E-state index in [1.54, 1.807) is 6.92 Å². The van der Waals surface area contributed by atoms with Crippen LogP contribution in [0.4, 0.5) is 0 Å². The molecule has 1 saturated carbocycles. The van der Waals surface area contributed by atoms with Crippen molar-refractivity contribution in [3.05, 3.63) is 29.8 Å². The van der Waals surface area contributed by atoms with E-state index >= 15 is 0 Å². The normalized spacial score (nSPS) is 17.1. The minimum absolute atomic E-state index is 0.00447. The zero-order valence-corrected chi connectivity index (χ0v) is 14.5. The van der Waals surface area contributed by atoms with Crippen LogP contribution in [-0.4, -0.2) is 37.5 Å². The lowest BCUT2D eigenvalue weighted by atomic mass is 9.99. The summed E-state index contributed by atoms with van der Waals surface area (Å²) in [6.45, 7) is 3.59. The lowest BCUT2D eigenvalue weighted by molar-refractivity contribution is -0.140. The number of rotatable bonds is 8. The summed E-state index contributed by atoms with van der Waals surface area (Å²) in [6, 6.07) is 4.47. The van der Waals surface area contributed by atoms with Crippen molar-refractivity contribution in [3.8, 4) is 0 Å². The van der Waals surface area contributed by atoms with Crippen LogP contribution in [0.1, 0.15) is 43.5 Å². The van der Waals surface area contributed by atoms with E-state index in [0.29, 0.717) is 6.42 Å². The Morgan fingerprint density at radius 3 is 2.29 bits per heavy atom. The number of hydrogen-bond donors (Lipinski definition) is 3. The number of carbonyl (C=O) groups excluding carboxylic acids is 1. The topological polar surface area (TPSA) is 113 Å². The SMILES string of the molecule is CCC(C)C(NC(=O)c1ccc(S(=O)(=O)NC2CC2)cc1)C(=O)O. The smallest absolute Gasteiger partial charge is 0.326 e. The van der Waals surface area contributed by atoms with Gasteiger partial charge in [0.05, 0.1) is 4.90 Å². The van der Waals surface area contributed by atoms with Gasteiger partial charge in [-0.2, -0.15) is 0 Å². The van der Waals surface area contributed by atoms with Crippen LogP contribution in [0.5, 0.6) is 0 Å². The molecule has 0 bridgehead atoms. The van der Waals surface area contributed by atoms with Gasteiger partial charge in [0.1, 0.15) is 6.04 Å². The molecular weight excluding hydrogens is 332 g/mol. The van der Waals surface area contributed by atoms with Gasteiger partial charge in [0.25, 0.3) is 5.91 Å². The molecule has 1 amide bonds. The van der Waals surface area contributed by atoms with Crippen molar-refractivity contribution in [1.29, 1.82) is 0 Å². The molecule has 1 aliphatic rings. The Labute approximate surface area is 141 Å². The number of benzene rings is 1. The van der Waals surface area contributed by atoms with E-state index in [1.165, 1.54) is 24.3 Å². The van der Waals surface area contributed by atoms with Gasteiger partial charge in [-0.25, -0.2) is 17.9 Å². The van der Waals surface area contributed by atoms with Gasteiger partial charge < -0.3 is 10.4 Å². The van der Waals surface area contributed by atoms with E-state index in [2.05, 4.69) is 10.0 Å². The molecule has 132 valence electrons. The Bertz CT molecular complexity index is 710. The number of amides is 1. The minimum Gasteiger partial charge on any atom is -0.480 e. The van der Waals surface area contributed by atoms with Crippen molar-refractivity contribution in [2.45, 2.75) is 50.1 Å². The third-order valence-corrected chi connectivity index (χ3v) is 5.63. The number of carboxylic acid groups (broad SMARTS) is 1. The van der Waals surface area contributed by atoms with Crippen molar-refractivity contribution in [2.24, 2.45) is 5.92 Å². The van der Waals surface area contributed by atoms with Gasteiger partial charge in [0.15, 0.2) is 0 Å². The lowest BCUT2D eigenvalue weighted by Gasteiger charge is -2.20. The number of sulfonamides is 1. The summed E-state index contributed by atoms with van der Waals surface area (Å²) in [5.74, 6) is -1.85. The number of carbonyl (C=O) groups is 2. The highest BCUT2D eigenvalue weighted by Crippen LogP contribution is 2.22. The summed E-state index contributed by atoms with van der Waals surface area (Å²) in [5.41, 5.74) is 0.218. The van der Waals surface area contributed by atoms with Crippen molar-refractivity contribution in [2.75, 3.05) is 0 Å². The molecule has 0 aromatic heterocycles. The second-order valence-corrected chi connectivity index (χ2v) is 7.81. The summed E-state index contributed by atoms with van der Waals surface area (Å²) < 4.78 is 26.7. The molecule has 24 heavy (non-hydrogen) atoms. The summed E-state index contributed by atoms with van der Waals surface area (Å²) >= 11 is 0. The first kappa shape index (κ1) is 18.4. The molecule has 0 saturated heterocycles. The van der Waals surface area contributed by atoms with Gasteiger partial charge in [-0.15, -0.1) is 0 Å². The molecule has 8 heteroatoms. The van der Waals surface area contributed by atoms with Crippen LogP contribution < -0.4 is 10.0 Å². The van der Waals surface area contributed by atoms with Gasteiger partial charge in [0, 0.05) is 11.6 Å². The number of nitrogens with one attached hydrogen (secondary N) is 2. The number of carboxylic acids is 1. The van der Waals surface area contributed by atoms with E-state index < -0.39 is 27.9 Å². The van der Waals surface area contributed by atoms with E-state index in [4.69, 9.17) is 0 Å². The molecule has 1 fully saturated rings. The predicted molar refractivity (Wildman–Crippen MR) is 88.1 cm³/mol. The molecule has 0 radical (unpaired) electrons.